The number of thioether (sulfide) groups is 1. The largest absolute Gasteiger partial charge is 0.355 e. The van der Waals surface area contributed by atoms with E-state index in [1.54, 1.807) is 17.9 Å². The van der Waals surface area contributed by atoms with Gasteiger partial charge in [0.15, 0.2) is 5.65 Å². The number of aryl methyl sites for hydroxylation is 1. The Hall–Kier alpha value is -2.55. The zero-order chi connectivity index (χ0) is 17.8. The number of amides is 1. The maximum absolute atomic E-state index is 13.5. The van der Waals surface area contributed by atoms with E-state index >= 15 is 0 Å². The van der Waals surface area contributed by atoms with Crippen molar-refractivity contribution in [2.75, 3.05) is 12.3 Å². The fourth-order valence-electron chi connectivity index (χ4n) is 2.34. The summed E-state index contributed by atoms with van der Waals surface area (Å²) in [6.07, 6.45) is 3.16. The molecule has 0 saturated heterocycles. The third-order valence-corrected chi connectivity index (χ3v) is 4.60. The summed E-state index contributed by atoms with van der Waals surface area (Å²) in [5.74, 6) is -1.31. The molecule has 1 N–H and O–H groups in total. The molecule has 2 aromatic heterocycles. The van der Waals surface area contributed by atoms with Crippen LogP contribution in [0.15, 0.2) is 35.7 Å². The number of carbonyl (C=O) groups is 1. The number of nitrogens with zero attached hydrogens (tertiary/aromatic N) is 4. The van der Waals surface area contributed by atoms with E-state index in [4.69, 9.17) is 0 Å². The minimum Gasteiger partial charge on any atom is -0.355 e. The van der Waals surface area contributed by atoms with Crippen molar-refractivity contribution < 1.29 is 13.6 Å². The van der Waals surface area contributed by atoms with E-state index < -0.39 is 11.6 Å². The number of carbonyl (C=O) groups excluding carboxylic acids is 1. The molecule has 9 heteroatoms. The minimum atomic E-state index is -0.608. The van der Waals surface area contributed by atoms with Gasteiger partial charge in [0, 0.05) is 19.2 Å². The summed E-state index contributed by atoms with van der Waals surface area (Å²) in [6, 6.07) is 3.71. The number of hydrogen-bond acceptors (Lipinski definition) is 5. The average Bonchev–Trinajstić information content (AvgIpc) is 2.97. The summed E-state index contributed by atoms with van der Waals surface area (Å²) >= 11 is 1.26. The summed E-state index contributed by atoms with van der Waals surface area (Å²) in [4.78, 5) is 20.2. The molecule has 0 radical (unpaired) electrons. The molecule has 0 aliphatic carbocycles. The molecule has 0 atom stereocenters. The maximum Gasteiger partial charge on any atom is 0.230 e. The van der Waals surface area contributed by atoms with Gasteiger partial charge >= 0.3 is 0 Å². The van der Waals surface area contributed by atoms with Crippen LogP contribution in [-0.2, 0) is 18.3 Å². The van der Waals surface area contributed by atoms with Gasteiger partial charge in [-0.2, -0.15) is 5.10 Å². The number of fused-ring (bicyclic) bond motifs is 1. The molecule has 3 rings (SSSR count). The van der Waals surface area contributed by atoms with Crippen molar-refractivity contribution in [2.45, 2.75) is 11.4 Å². The Morgan fingerprint density at radius 1 is 1.28 bits per heavy atom. The first kappa shape index (κ1) is 17.3. The second-order valence-corrected chi connectivity index (χ2v) is 6.24. The standard InChI is InChI=1S/C16H15F2N5OS/c1-23-15-11(7-22-23)16(21-9-20-15)25-8-14(24)19-6-5-10-12(17)3-2-4-13(10)18/h2-4,7,9H,5-6,8H2,1H3,(H,19,24). The van der Waals surface area contributed by atoms with Crippen LogP contribution in [0.3, 0.4) is 0 Å². The summed E-state index contributed by atoms with van der Waals surface area (Å²) in [5.41, 5.74) is 0.663. The molecule has 0 bridgehead atoms. The van der Waals surface area contributed by atoms with E-state index in [0.29, 0.717) is 10.7 Å². The lowest BCUT2D eigenvalue weighted by Gasteiger charge is -2.07. The molecule has 0 spiro atoms. The lowest BCUT2D eigenvalue weighted by Crippen LogP contribution is -2.27. The number of hydrogen-bond donors (Lipinski definition) is 1. The quantitative estimate of drug-likeness (QED) is 0.536. The molecule has 0 unspecified atom stereocenters. The molecule has 0 aliphatic rings. The van der Waals surface area contributed by atoms with Crippen LogP contribution in [0.2, 0.25) is 0 Å². The lowest BCUT2D eigenvalue weighted by atomic mass is 10.1. The van der Waals surface area contributed by atoms with Gasteiger partial charge in [0.25, 0.3) is 0 Å². The van der Waals surface area contributed by atoms with Crippen molar-refractivity contribution in [3.63, 3.8) is 0 Å². The Morgan fingerprint density at radius 2 is 2.04 bits per heavy atom. The van der Waals surface area contributed by atoms with Crippen LogP contribution in [0, 0.1) is 11.6 Å². The van der Waals surface area contributed by atoms with E-state index in [-0.39, 0.29) is 30.2 Å². The van der Waals surface area contributed by atoms with Crippen LogP contribution >= 0.6 is 11.8 Å². The molecule has 0 fully saturated rings. The van der Waals surface area contributed by atoms with Crippen molar-refractivity contribution in [2.24, 2.45) is 7.05 Å². The van der Waals surface area contributed by atoms with Crippen molar-refractivity contribution in [3.05, 3.63) is 47.9 Å². The first-order valence-electron chi connectivity index (χ1n) is 7.51. The van der Waals surface area contributed by atoms with Gasteiger partial charge in [0.2, 0.25) is 5.91 Å². The fourth-order valence-corrected chi connectivity index (χ4v) is 3.13. The molecule has 0 aliphatic heterocycles. The topological polar surface area (TPSA) is 72.7 Å². The number of benzene rings is 1. The Bertz CT molecular complexity index is 894. The van der Waals surface area contributed by atoms with Gasteiger partial charge in [-0.1, -0.05) is 17.8 Å². The zero-order valence-corrected chi connectivity index (χ0v) is 14.2. The van der Waals surface area contributed by atoms with E-state index in [1.165, 1.54) is 36.3 Å². The van der Waals surface area contributed by atoms with Crippen LogP contribution in [0.25, 0.3) is 11.0 Å². The second-order valence-electron chi connectivity index (χ2n) is 5.27. The Labute approximate surface area is 146 Å². The van der Waals surface area contributed by atoms with Gasteiger partial charge in [-0.3, -0.25) is 9.48 Å². The van der Waals surface area contributed by atoms with E-state index in [9.17, 15) is 13.6 Å². The molecule has 1 aromatic carbocycles. The summed E-state index contributed by atoms with van der Waals surface area (Å²) in [6.45, 7) is 0.156. The number of halogens is 2. The monoisotopic (exact) mass is 363 g/mol. The van der Waals surface area contributed by atoms with Gasteiger partial charge in [0.1, 0.15) is 23.0 Å². The number of rotatable bonds is 6. The highest BCUT2D eigenvalue weighted by atomic mass is 32.2. The molecular formula is C16H15F2N5OS. The van der Waals surface area contributed by atoms with Gasteiger partial charge in [-0.15, -0.1) is 0 Å². The first-order chi connectivity index (χ1) is 12.1. The third kappa shape index (κ3) is 3.93. The van der Waals surface area contributed by atoms with Crippen LogP contribution in [0.1, 0.15) is 5.56 Å². The van der Waals surface area contributed by atoms with E-state index in [2.05, 4.69) is 20.4 Å². The molecule has 3 aromatic rings. The SMILES string of the molecule is Cn1ncc2c(SCC(=O)NCCc3c(F)cccc3F)ncnc21. The highest BCUT2D eigenvalue weighted by Gasteiger charge is 2.12. The van der Waals surface area contributed by atoms with Gasteiger partial charge in [-0.05, 0) is 18.6 Å². The molecule has 0 saturated carbocycles. The Kier molecular flexibility index (Phi) is 5.22. The Balaban J connectivity index is 1.53. The van der Waals surface area contributed by atoms with Crippen LogP contribution < -0.4 is 5.32 Å². The molecule has 1 amide bonds. The predicted octanol–water partition coefficient (Wildman–Crippen LogP) is 2.09. The average molecular weight is 363 g/mol. The second kappa shape index (κ2) is 7.56. The maximum atomic E-state index is 13.5. The van der Waals surface area contributed by atoms with Crippen molar-refractivity contribution in [1.29, 1.82) is 0 Å². The van der Waals surface area contributed by atoms with Gasteiger partial charge in [-0.25, -0.2) is 18.7 Å². The smallest absolute Gasteiger partial charge is 0.230 e. The van der Waals surface area contributed by atoms with Crippen molar-refractivity contribution in [1.82, 2.24) is 25.1 Å². The lowest BCUT2D eigenvalue weighted by molar-refractivity contribution is -0.118. The van der Waals surface area contributed by atoms with Gasteiger partial charge in [0.05, 0.1) is 17.3 Å². The van der Waals surface area contributed by atoms with Crippen LogP contribution in [0.5, 0.6) is 0 Å². The van der Waals surface area contributed by atoms with Gasteiger partial charge < -0.3 is 5.32 Å². The number of nitrogens with one attached hydrogen (secondary N) is 1. The molecule has 2 heterocycles. The van der Waals surface area contributed by atoms with Crippen LogP contribution in [0.4, 0.5) is 8.78 Å². The highest BCUT2D eigenvalue weighted by molar-refractivity contribution is 8.00. The molecule has 130 valence electrons. The predicted molar refractivity (Wildman–Crippen MR) is 90.1 cm³/mol. The van der Waals surface area contributed by atoms with Crippen molar-refractivity contribution >= 4 is 28.7 Å². The Morgan fingerprint density at radius 3 is 2.80 bits per heavy atom. The molecule has 6 nitrogen and oxygen atoms in total. The van der Waals surface area contributed by atoms with E-state index in [1.807, 2.05) is 0 Å². The minimum absolute atomic E-state index is 0.0247. The highest BCUT2D eigenvalue weighted by Crippen LogP contribution is 2.23. The third-order valence-electron chi connectivity index (χ3n) is 3.59. The van der Waals surface area contributed by atoms with Crippen LogP contribution in [-0.4, -0.2) is 38.0 Å². The van der Waals surface area contributed by atoms with Crippen molar-refractivity contribution in [3.8, 4) is 0 Å². The molecule has 25 heavy (non-hydrogen) atoms. The first-order valence-corrected chi connectivity index (χ1v) is 8.50. The summed E-state index contributed by atoms with van der Waals surface area (Å²) < 4.78 is 28.7. The summed E-state index contributed by atoms with van der Waals surface area (Å²) in [7, 11) is 1.78. The van der Waals surface area contributed by atoms with E-state index in [0.717, 1.165) is 5.39 Å². The number of aromatic nitrogens is 4. The molecular weight excluding hydrogens is 348 g/mol. The normalized spacial score (nSPS) is 11.0. The zero-order valence-electron chi connectivity index (χ0n) is 13.4. The summed E-state index contributed by atoms with van der Waals surface area (Å²) in [5, 5.41) is 8.20. The fraction of sp³-hybridized carbons (Fsp3) is 0.250.